The highest BCUT2D eigenvalue weighted by molar-refractivity contribution is 6.69. The molecule has 0 aromatic rings. The molecule has 1 aliphatic rings. The predicted molar refractivity (Wildman–Crippen MR) is 52.7 cm³/mol. The lowest BCUT2D eigenvalue weighted by Gasteiger charge is -2.31. The van der Waals surface area contributed by atoms with Crippen molar-refractivity contribution in [3.63, 3.8) is 0 Å². The largest absolute Gasteiger partial charge is 0.415 e. The molecule has 0 spiro atoms. The maximum atomic E-state index is 9.28. The standard InChI is InChI=1S/C9H20O2Si/c1-12(2,3)11-9-6-4-8(10)5-7-9/h8-10H,4-7H2,1-3H3. The smallest absolute Gasteiger partial charge is 0.184 e. The molecular formula is C9H20O2Si. The third kappa shape index (κ3) is 3.69. The van der Waals surface area contributed by atoms with Crippen LogP contribution in [0, 0.1) is 0 Å². The Morgan fingerprint density at radius 2 is 1.58 bits per heavy atom. The van der Waals surface area contributed by atoms with Gasteiger partial charge in [0.15, 0.2) is 8.32 Å². The van der Waals surface area contributed by atoms with Crippen molar-refractivity contribution in [2.45, 2.75) is 57.5 Å². The van der Waals surface area contributed by atoms with Gasteiger partial charge in [-0.15, -0.1) is 0 Å². The molecule has 1 saturated carbocycles. The van der Waals surface area contributed by atoms with E-state index in [9.17, 15) is 5.11 Å². The van der Waals surface area contributed by atoms with Crippen LogP contribution in [0.15, 0.2) is 0 Å². The van der Waals surface area contributed by atoms with Crippen molar-refractivity contribution >= 4 is 8.32 Å². The number of aliphatic hydroxyl groups excluding tert-OH is 1. The fraction of sp³-hybridized carbons (Fsp3) is 1.00. The van der Waals surface area contributed by atoms with Crippen molar-refractivity contribution in [3.05, 3.63) is 0 Å². The van der Waals surface area contributed by atoms with Gasteiger partial charge in [0.1, 0.15) is 0 Å². The molecule has 1 N–H and O–H groups in total. The molecule has 0 atom stereocenters. The summed E-state index contributed by atoms with van der Waals surface area (Å²) in [6, 6.07) is 0. The lowest BCUT2D eigenvalue weighted by Crippen LogP contribution is -2.35. The van der Waals surface area contributed by atoms with E-state index in [4.69, 9.17) is 4.43 Å². The molecule has 1 aliphatic carbocycles. The van der Waals surface area contributed by atoms with Crippen LogP contribution >= 0.6 is 0 Å². The van der Waals surface area contributed by atoms with E-state index in [2.05, 4.69) is 19.6 Å². The second kappa shape index (κ2) is 3.90. The molecule has 12 heavy (non-hydrogen) atoms. The highest BCUT2D eigenvalue weighted by Gasteiger charge is 2.25. The molecule has 0 unspecified atom stereocenters. The molecule has 1 rings (SSSR count). The first-order valence-corrected chi connectivity index (χ1v) is 8.24. The third-order valence-electron chi connectivity index (χ3n) is 2.16. The van der Waals surface area contributed by atoms with Crippen molar-refractivity contribution in [2.24, 2.45) is 0 Å². The van der Waals surface area contributed by atoms with Gasteiger partial charge in [0.25, 0.3) is 0 Å². The summed E-state index contributed by atoms with van der Waals surface area (Å²) >= 11 is 0. The second-order valence-electron chi connectivity index (χ2n) is 4.66. The van der Waals surface area contributed by atoms with Gasteiger partial charge in [-0.1, -0.05) is 0 Å². The summed E-state index contributed by atoms with van der Waals surface area (Å²) in [5.41, 5.74) is 0. The summed E-state index contributed by atoms with van der Waals surface area (Å²) < 4.78 is 5.95. The molecular weight excluding hydrogens is 168 g/mol. The van der Waals surface area contributed by atoms with E-state index in [0.29, 0.717) is 6.10 Å². The van der Waals surface area contributed by atoms with E-state index >= 15 is 0 Å². The number of aliphatic hydroxyl groups is 1. The first-order valence-electron chi connectivity index (χ1n) is 4.83. The molecule has 0 aromatic carbocycles. The van der Waals surface area contributed by atoms with Gasteiger partial charge in [-0.2, -0.15) is 0 Å². The van der Waals surface area contributed by atoms with Crippen molar-refractivity contribution in [3.8, 4) is 0 Å². The molecule has 0 amide bonds. The lowest BCUT2D eigenvalue weighted by molar-refractivity contribution is 0.0631. The Hall–Kier alpha value is 0.137. The predicted octanol–water partition coefficient (Wildman–Crippen LogP) is 2.14. The minimum absolute atomic E-state index is 0.0634. The Balaban J connectivity index is 2.26. The summed E-state index contributed by atoms with van der Waals surface area (Å²) in [6.45, 7) is 6.66. The van der Waals surface area contributed by atoms with Crippen LogP contribution in [0.3, 0.4) is 0 Å². The quantitative estimate of drug-likeness (QED) is 0.673. The van der Waals surface area contributed by atoms with Crippen molar-refractivity contribution in [2.75, 3.05) is 0 Å². The zero-order valence-corrected chi connectivity index (χ0v) is 9.34. The van der Waals surface area contributed by atoms with E-state index in [1.165, 1.54) is 0 Å². The van der Waals surface area contributed by atoms with Gasteiger partial charge in [0.2, 0.25) is 0 Å². The fourth-order valence-corrected chi connectivity index (χ4v) is 2.90. The number of hydrogen-bond acceptors (Lipinski definition) is 2. The summed E-state index contributed by atoms with van der Waals surface area (Å²) in [7, 11) is -1.35. The summed E-state index contributed by atoms with van der Waals surface area (Å²) in [5.74, 6) is 0. The minimum Gasteiger partial charge on any atom is -0.415 e. The van der Waals surface area contributed by atoms with E-state index in [0.717, 1.165) is 25.7 Å². The van der Waals surface area contributed by atoms with Crippen molar-refractivity contribution in [1.29, 1.82) is 0 Å². The summed E-state index contributed by atoms with van der Waals surface area (Å²) in [5, 5.41) is 9.28. The van der Waals surface area contributed by atoms with Gasteiger partial charge in [0.05, 0.1) is 6.10 Å². The molecule has 0 radical (unpaired) electrons. The monoisotopic (exact) mass is 188 g/mol. The van der Waals surface area contributed by atoms with Gasteiger partial charge in [-0.05, 0) is 45.3 Å². The molecule has 0 saturated heterocycles. The number of hydrogen-bond donors (Lipinski definition) is 1. The molecule has 0 bridgehead atoms. The van der Waals surface area contributed by atoms with Crippen molar-refractivity contribution in [1.82, 2.24) is 0 Å². The maximum Gasteiger partial charge on any atom is 0.184 e. The van der Waals surface area contributed by atoms with Crippen LogP contribution in [0.1, 0.15) is 25.7 Å². The lowest BCUT2D eigenvalue weighted by atomic mass is 9.95. The SMILES string of the molecule is C[Si](C)(C)OC1CCC(O)CC1. The average molecular weight is 188 g/mol. The van der Waals surface area contributed by atoms with Gasteiger partial charge in [-0.3, -0.25) is 0 Å². The third-order valence-corrected chi connectivity index (χ3v) is 3.20. The highest BCUT2D eigenvalue weighted by Crippen LogP contribution is 2.23. The molecule has 0 aliphatic heterocycles. The zero-order valence-electron chi connectivity index (χ0n) is 8.34. The van der Waals surface area contributed by atoms with Crippen LogP contribution in [0.4, 0.5) is 0 Å². The molecule has 1 fully saturated rings. The maximum absolute atomic E-state index is 9.28. The average Bonchev–Trinajstić information content (AvgIpc) is 1.91. The van der Waals surface area contributed by atoms with Crippen LogP contribution < -0.4 is 0 Å². The van der Waals surface area contributed by atoms with Gasteiger partial charge < -0.3 is 9.53 Å². The first-order chi connectivity index (χ1) is 5.47. The molecule has 0 heterocycles. The molecule has 72 valence electrons. The van der Waals surface area contributed by atoms with E-state index in [-0.39, 0.29) is 6.10 Å². The topological polar surface area (TPSA) is 29.5 Å². The van der Waals surface area contributed by atoms with Crippen LogP contribution in [0.5, 0.6) is 0 Å². The van der Waals surface area contributed by atoms with Gasteiger partial charge in [0, 0.05) is 6.10 Å². The Morgan fingerprint density at radius 1 is 1.08 bits per heavy atom. The Kier molecular flexibility index (Phi) is 3.32. The Labute approximate surface area is 76.1 Å². The zero-order chi connectivity index (χ0) is 9.19. The fourth-order valence-electron chi connectivity index (χ4n) is 1.66. The van der Waals surface area contributed by atoms with Crippen LogP contribution in [-0.4, -0.2) is 25.6 Å². The van der Waals surface area contributed by atoms with E-state index in [1.807, 2.05) is 0 Å². The van der Waals surface area contributed by atoms with E-state index in [1.54, 1.807) is 0 Å². The minimum atomic E-state index is -1.35. The van der Waals surface area contributed by atoms with Crippen LogP contribution in [0.25, 0.3) is 0 Å². The normalized spacial score (nSPS) is 32.0. The molecule has 2 nitrogen and oxygen atoms in total. The Bertz CT molecular complexity index is 134. The van der Waals surface area contributed by atoms with Gasteiger partial charge >= 0.3 is 0 Å². The number of rotatable bonds is 2. The van der Waals surface area contributed by atoms with Gasteiger partial charge in [-0.25, -0.2) is 0 Å². The van der Waals surface area contributed by atoms with Crippen molar-refractivity contribution < 1.29 is 9.53 Å². The van der Waals surface area contributed by atoms with Crippen LogP contribution in [-0.2, 0) is 4.43 Å². The Morgan fingerprint density at radius 3 is 2.00 bits per heavy atom. The highest BCUT2D eigenvalue weighted by atomic mass is 28.4. The van der Waals surface area contributed by atoms with E-state index < -0.39 is 8.32 Å². The summed E-state index contributed by atoms with van der Waals surface area (Å²) in [6.07, 6.45) is 4.31. The second-order valence-corrected chi connectivity index (χ2v) is 9.12. The summed E-state index contributed by atoms with van der Waals surface area (Å²) in [4.78, 5) is 0. The first kappa shape index (κ1) is 10.2. The molecule has 3 heteroatoms. The molecule has 0 aromatic heterocycles. The van der Waals surface area contributed by atoms with Crippen LogP contribution in [0.2, 0.25) is 19.6 Å².